The number of aliphatic hydroxyl groups is 1. The molecule has 0 unspecified atom stereocenters. The van der Waals surface area contributed by atoms with E-state index in [9.17, 15) is 9.59 Å². The third-order valence-corrected chi connectivity index (χ3v) is 2.71. The second-order valence-electron chi connectivity index (χ2n) is 3.99. The number of carbonyl (C=O) groups is 2. The first kappa shape index (κ1) is 12.8. The molecule has 0 aliphatic carbocycles. The highest BCUT2D eigenvalue weighted by atomic mass is 16.6. The van der Waals surface area contributed by atoms with Gasteiger partial charge in [0.05, 0.1) is 0 Å². The molecule has 3 atom stereocenters. The van der Waals surface area contributed by atoms with Crippen molar-refractivity contribution in [2.75, 3.05) is 20.3 Å². The van der Waals surface area contributed by atoms with Crippen LogP contribution in [0.4, 0.5) is 4.79 Å². The van der Waals surface area contributed by atoms with Crippen molar-refractivity contribution in [3.63, 3.8) is 0 Å². The average Bonchev–Trinajstić information content (AvgIpc) is 2.52. The summed E-state index contributed by atoms with van der Waals surface area (Å²) in [6.45, 7) is 3.09. The second-order valence-corrected chi connectivity index (χ2v) is 3.99. The van der Waals surface area contributed by atoms with Crippen LogP contribution < -0.4 is 0 Å². The van der Waals surface area contributed by atoms with E-state index in [2.05, 4.69) is 0 Å². The van der Waals surface area contributed by atoms with Crippen molar-refractivity contribution in [2.24, 2.45) is 5.92 Å². The lowest BCUT2D eigenvalue weighted by molar-refractivity contribution is -0.142. The monoisotopic (exact) mass is 231 g/mol. The van der Waals surface area contributed by atoms with Gasteiger partial charge >= 0.3 is 12.1 Å². The third kappa shape index (κ3) is 2.63. The van der Waals surface area contributed by atoms with Crippen LogP contribution in [0, 0.1) is 5.92 Å². The maximum Gasteiger partial charge on any atom is 0.410 e. The molecule has 0 bridgehead atoms. The predicted molar refractivity (Wildman–Crippen MR) is 54.7 cm³/mol. The normalized spacial score (nSPS) is 26.5. The summed E-state index contributed by atoms with van der Waals surface area (Å²) in [6.07, 6.45) is -0.899. The molecule has 92 valence electrons. The number of hydrogen-bond acceptors (Lipinski definition) is 5. The average molecular weight is 231 g/mol. The minimum atomic E-state index is -0.456. The zero-order valence-electron chi connectivity index (χ0n) is 9.67. The maximum absolute atomic E-state index is 11.3. The van der Waals surface area contributed by atoms with E-state index < -0.39 is 18.2 Å². The second kappa shape index (κ2) is 5.16. The van der Waals surface area contributed by atoms with Gasteiger partial charge in [-0.3, -0.25) is 4.79 Å². The van der Waals surface area contributed by atoms with E-state index in [0.717, 1.165) is 0 Å². The molecule has 1 heterocycles. The molecule has 6 heteroatoms. The van der Waals surface area contributed by atoms with Crippen LogP contribution in [0.25, 0.3) is 0 Å². The van der Waals surface area contributed by atoms with Crippen molar-refractivity contribution < 1.29 is 24.2 Å². The first-order valence-corrected chi connectivity index (χ1v) is 5.15. The van der Waals surface area contributed by atoms with Crippen molar-refractivity contribution in [2.45, 2.75) is 26.0 Å². The number of ether oxygens (including phenoxy) is 2. The Morgan fingerprint density at radius 2 is 2.31 bits per heavy atom. The Bertz CT molecular complexity index is 280. The number of cyclic esters (lactones) is 1. The van der Waals surface area contributed by atoms with Crippen molar-refractivity contribution >= 4 is 12.1 Å². The highest BCUT2D eigenvalue weighted by Gasteiger charge is 2.42. The summed E-state index contributed by atoms with van der Waals surface area (Å²) in [5.74, 6) is -0.586. The zero-order chi connectivity index (χ0) is 12.3. The molecule has 1 aliphatic heterocycles. The lowest BCUT2D eigenvalue weighted by atomic mass is 9.99. The molecule has 1 saturated heterocycles. The molecule has 0 aromatic carbocycles. The fourth-order valence-corrected chi connectivity index (χ4v) is 1.64. The first-order chi connectivity index (χ1) is 7.47. The van der Waals surface area contributed by atoms with E-state index in [4.69, 9.17) is 14.6 Å². The molecule has 0 aromatic rings. The van der Waals surface area contributed by atoms with Gasteiger partial charge in [-0.2, -0.15) is 0 Å². The van der Waals surface area contributed by atoms with Crippen LogP contribution in [0.2, 0.25) is 0 Å². The van der Waals surface area contributed by atoms with Crippen LogP contribution in [0.5, 0.6) is 0 Å². The van der Waals surface area contributed by atoms with Gasteiger partial charge in [0.15, 0.2) is 0 Å². The molecule has 1 aliphatic rings. The molecule has 1 N–H and O–H groups in total. The molecule has 6 nitrogen and oxygen atoms in total. The van der Waals surface area contributed by atoms with E-state index in [1.165, 1.54) is 11.8 Å². The molecule has 16 heavy (non-hydrogen) atoms. The zero-order valence-corrected chi connectivity index (χ0v) is 9.67. The number of hydrogen-bond donors (Lipinski definition) is 1. The van der Waals surface area contributed by atoms with Gasteiger partial charge in [-0.25, -0.2) is 4.79 Å². The topological polar surface area (TPSA) is 76.1 Å². The summed E-state index contributed by atoms with van der Waals surface area (Å²) in [5.41, 5.74) is 0. The number of nitrogens with zero attached hydrogens (tertiary/aromatic N) is 1. The van der Waals surface area contributed by atoms with Crippen molar-refractivity contribution in [1.29, 1.82) is 0 Å². The Hall–Kier alpha value is -1.30. The van der Waals surface area contributed by atoms with E-state index in [-0.39, 0.29) is 25.2 Å². The molecular weight excluding hydrogens is 214 g/mol. The van der Waals surface area contributed by atoms with Crippen molar-refractivity contribution in [3.05, 3.63) is 0 Å². The van der Waals surface area contributed by atoms with E-state index in [1.807, 2.05) is 0 Å². The van der Waals surface area contributed by atoms with Crippen LogP contribution in [-0.4, -0.2) is 54.5 Å². The highest BCUT2D eigenvalue weighted by molar-refractivity contribution is 5.70. The lowest BCUT2D eigenvalue weighted by Gasteiger charge is -2.23. The molecule has 1 amide bonds. The molecule has 0 spiro atoms. The molecular formula is C10H17NO5. The number of likely N-dealkylation sites (N-methyl/N-ethyl adjacent to an activating group) is 1. The quantitative estimate of drug-likeness (QED) is 0.689. The number of esters is 1. The summed E-state index contributed by atoms with van der Waals surface area (Å²) >= 11 is 0. The minimum absolute atomic E-state index is 0.0810. The Morgan fingerprint density at radius 3 is 2.81 bits per heavy atom. The van der Waals surface area contributed by atoms with Gasteiger partial charge in [0.2, 0.25) is 0 Å². The summed E-state index contributed by atoms with van der Waals surface area (Å²) in [6, 6.07) is -0.335. The van der Waals surface area contributed by atoms with Gasteiger partial charge in [-0.05, 0) is 0 Å². The lowest BCUT2D eigenvalue weighted by Crippen LogP contribution is -2.41. The fourth-order valence-electron chi connectivity index (χ4n) is 1.64. The standard InChI is InChI=1S/C10H17NO5/c1-6(4-12)9-8(5-15-7(2)13)11(3)10(14)16-9/h6,8-9,12H,4-5H2,1-3H3/t6-,8-,9-/m1/s1. The van der Waals surface area contributed by atoms with E-state index in [0.29, 0.717) is 0 Å². The van der Waals surface area contributed by atoms with Crippen molar-refractivity contribution in [3.8, 4) is 0 Å². The van der Waals surface area contributed by atoms with Crippen LogP contribution in [0.15, 0.2) is 0 Å². The largest absolute Gasteiger partial charge is 0.464 e. The SMILES string of the molecule is CC(=O)OC[C@@H]1[C@@H]([C@H](C)CO)OC(=O)N1C. The van der Waals surface area contributed by atoms with Crippen LogP contribution in [0.1, 0.15) is 13.8 Å². The van der Waals surface area contributed by atoms with Crippen LogP contribution in [-0.2, 0) is 14.3 Å². The summed E-state index contributed by atoms with van der Waals surface area (Å²) in [5, 5.41) is 9.05. The number of carbonyl (C=O) groups excluding carboxylic acids is 2. The van der Waals surface area contributed by atoms with E-state index >= 15 is 0 Å². The minimum Gasteiger partial charge on any atom is -0.464 e. The smallest absolute Gasteiger partial charge is 0.410 e. The summed E-state index contributed by atoms with van der Waals surface area (Å²) in [4.78, 5) is 23.4. The summed E-state index contributed by atoms with van der Waals surface area (Å²) < 4.78 is 9.98. The molecule has 1 rings (SSSR count). The van der Waals surface area contributed by atoms with Gasteiger partial charge in [0.25, 0.3) is 0 Å². The molecule has 0 aromatic heterocycles. The van der Waals surface area contributed by atoms with Gasteiger partial charge in [0.1, 0.15) is 18.8 Å². The maximum atomic E-state index is 11.3. The molecule has 0 radical (unpaired) electrons. The Kier molecular flexibility index (Phi) is 4.12. The number of rotatable bonds is 4. The predicted octanol–water partition coefficient (Wildman–Crippen LogP) is -0.00290. The highest BCUT2D eigenvalue weighted by Crippen LogP contribution is 2.24. The Morgan fingerprint density at radius 1 is 1.69 bits per heavy atom. The number of amides is 1. The Balaban J connectivity index is 2.67. The molecule has 1 fully saturated rings. The van der Waals surface area contributed by atoms with Crippen molar-refractivity contribution in [1.82, 2.24) is 4.90 Å². The van der Waals surface area contributed by atoms with E-state index in [1.54, 1.807) is 14.0 Å². The van der Waals surface area contributed by atoms with Gasteiger partial charge in [-0.15, -0.1) is 0 Å². The summed E-state index contributed by atoms with van der Waals surface area (Å²) in [7, 11) is 1.58. The Labute approximate surface area is 94.1 Å². The van der Waals surface area contributed by atoms with Crippen LogP contribution in [0.3, 0.4) is 0 Å². The van der Waals surface area contributed by atoms with Crippen LogP contribution >= 0.6 is 0 Å². The fraction of sp³-hybridized carbons (Fsp3) is 0.800. The van der Waals surface area contributed by atoms with Gasteiger partial charge in [-0.1, -0.05) is 6.92 Å². The third-order valence-electron chi connectivity index (χ3n) is 2.71. The van der Waals surface area contributed by atoms with Gasteiger partial charge in [0, 0.05) is 26.5 Å². The number of aliphatic hydroxyl groups excluding tert-OH is 1. The first-order valence-electron chi connectivity index (χ1n) is 5.15. The molecule has 0 saturated carbocycles. The van der Waals surface area contributed by atoms with Gasteiger partial charge < -0.3 is 19.5 Å².